The van der Waals surface area contributed by atoms with Crippen LogP contribution in [0.4, 0.5) is 0 Å². The summed E-state index contributed by atoms with van der Waals surface area (Å²) in [6.45, 7) is 1.45. The van der Waals surface area contributed by atoms with Gasteiger partial charge in [-0.1, -0.05) is 0 Å². The molecule has 0 aromatic heterocycles. The highest BCUT2D eigenvalue weighted by Crippen LogP contribution is 2.07. The predicted octanol–water partition coefficient (Wildman–Crippen LogP) is 0.988. The molecule has 0 amide bonds. The minimum atomic E-state index is -0.0208. The molecule has 48 valence electrons. The van der Waals surface area contributed by atoms with Crippen molar-refractivity contribution in [1.29, 1.82) is 0 Å². The number of alkyl halides is 1. The molecule has 0 aliphatic carbocycles. The molecule has 1 rings (SSSR count). The predicted molar refractivity (Wildman–Crippen MR) is 31.0 cm³/mol. The highest BCUT2D eigenvalue weighted by molar-refractivity contribution is 6.17. The van der Waals surface area contributed by atoms with E-state index < -0.39 is 0 Å². The normalized spacial score (nSPS) is 22.1. The van der Waals surface area contributed by atoms with Crippen molar-refractivity contribution >= 4 is 11.6 Å². The summed E-state index contributed by atoms with van der Waals surface area (Å²) in [6, 6.07) is 0. The van der Waals surface area contributed by atoms with E-state index in [1.54, 1.807) is 0 Å². The summed E-state index contributed by atoms with van der Waals surface area (Å²) in [5.74, 6) is 0.616. The van der Waals surface area contributed by atoms with Crippen LogP contribution >= 0.6 is 11.6 Å². The van der Waals surface area contributed by atoms with Gasteiger partial charge in [-0.3, -0.25) is 0 Å². The average Bonchev–Trinajstić information content (AvgIpc) is 2.19. The Kier molecular flexibility index (Phi) is 2.59. The van der Waals surface area contributed by atoms with Gasteiger partial charge in [-0.2, -0.15) is 0 Å². The lowest BCUT2D eigenvalue weighted by molar-refractivity contribution is -0.0423. The van der Waals surface area contributed by atoms with Crippen molar-refractivity contribution in [2.75, 3.05) is 19.1 Å². The molecular formula is C5H9ClO2. The van der Waals surface area contributed by atoms with E-state index in [9.17, 15) is 0 Å². The number of hydrogen-bond acceptors (Lipinski definition) is 2. The van der Waals surface area contributed by atoms with Gasteiger partial charge in [-0.15, -0.1) is 11.6 Å². The van der Waals surface area contributed by atoms with Crippen LogP contribution in [0.2, 0.25) is 0 Å². The molecule has 0 saturated carbocycles. The fraction of sp³-hybridized carbons (Fsp3) is 1.00. The monoisotopic (exact) mass is 136 g/mol. The smallest absolute Gasteiger partial charge is 0.158 e. The van der Waals surface area contributed by atoms with E-state index in [1.807, 2.05) is 0 Å². The SMILES string of the molecule is ClCCC1OCCO1. The molecule has 3 heteroatoms. The zero-order valence-corrected chi connectivity index (χ0v) is 5.36. The van der Waals surface area contributed by atoms with E-state index in [4.69, 9.17) is 21.1 Å². The number of hydrogen-bond donors (Lipinski definition) is 0. The molecule has 8 heavy (non-hydrogen) atoms. The molecule has 0 radical (unpaired) electrons. The lowest BCUT2D eigenvalue weighted by Crippen LogP contribution is -2.07. The summed E-state index contributed by atoms with van der Waals surface area (Å²) in [7, 11) is 0. The third-order valence-corrected chi connectivity index (χ3v) is 1.25. The molecule has 0 bridgehead atoms. The maximum Gasteiger partial charge on any atom is 0.158 e. The minimum Gasteiger partial charge on any atom is -0.350 e. The first-order chi connectivity index (χ1) is 3.93. The molecule has 1 saturated heterocycles. The second-order valence-electron chi connectivity index (χ2n) is 1.65. The van der Waals surface area contributed by atoms with Gasteiger partial charge in [0.15, 0.2) is 6.29 Å². The summed E-state index contributed by atoms with van der Waals surface area (Å²) in [4.78, 5) is 0. The van der Waals surface area contributed by atoms with Crippen molar-refractivity contribution in [2.45, 2.75) is 12.7 Å². The number of rotatable bonds is 2. The third-order valence-electron chi connectivity index (χ3n) is 1.04. The Labute approximate surface area is 53.7 Å². The van der Waals surface area contributed by atoms with Gasteiger partial charge in [0.05, 0.1) is 13.2 Å². The van der Waals surface area contributed by atoms with Crippen molar-refractivity contribution in [1.82, 2.24) is 0 Å². The lowest BCUT2D eigenvalue weighted by atomic mass is 10.5. The van der Waals surface area contributed by atoms with Crippen LogP contribution in [0, 0.1) is 0 Å². The van der Waals surface area contributed by atoms with Crippen LogP contribution in [0.25, 0.3) is 0 Å². The Morgan fingerprint density at radius 3 is 2.50 bits per heavy atom. The molecular weight excluding hydrogens is 128 g/mol. The van der Waals surface area contributed by atoms with Gasteiger partial charge in [0, 0.05) is 12.3 Å². The van der Waals surface area contributed by atoms with Crippen LogP contribution in [-0.4, -0.2) is 25.4 Å². The number of ether oxygens (including phenoxy) is 2. The van der Waals surface area contributed by atoms with E-state index >= 15 is 0 Å². The molecule has 0 spiro atoms. The minimum absolute atomic E-state index is 0.0208. The van der Waals surface area contributed by atoms with Crippen LogP contribution in [0.1, 0.15) is 6.42 Å². The molecule has 0 unspecified atom stereocenters. The fourth-order valence-electron chi connectivity index (χ4n) is 0.663. The van der Waals surface area contributed by atoms with Crippen LogP contribution in [0.15, 0.2) is 0 Å². The molecule has 1 heterocycles. The highest BCUT2D eigenvalue weighted by Gasteiger charge is 2.13. The Hall–Kier alpha value is 0.210. The summed E-state index contributed by atoms with van der Waals surface area (Å²) < 4.78 is 10.2. The van der Waals surface area contributed by atoms with E-state index in [1.165, 1.54) is 0 Å². The highest BCUT2D eigenvalue weighted by atomic mass is 35.5. The second-order valence-corrected chi connectivity index (χ2v) is 2.03. The molecule has 0 aromatic carbocycles. The number of halogens is 1. The van der Waals surface area contributed by atoms with Crippen molar-refractivity contribution in [3.05, 3.63) is 0 Å². The quantitative estimate of drug-likeness (QED) is 0.527. The molecule has 0 atom stereocenters. The van der Waals surface area contributed by atoms with Crippen LogP contribution < -0.4 is 0 Å². The van der Waals surface area contributed by atoms with E-state index in [0.717, 1.165) is 19.6 Å². The molecule has 1 fully saturated rings. The Bertz CT molecular complexity index is 61.4. The van der Waals surface area contributed by atoms with Crippen molar-refractivity contribution < 1.29 is 9.47 Å². The van der Waals surface area contributed by atoms with E-state index in [0.29, 0.717) is 5.88 Å². The van der Waals surface area contributed by atoms with Gasteiger partial charge >= 0.3 is 0 Å². The van der Waals surface area contributed by atoms with Crippen molar-refractivity contribution in [2.24, 2.45) is 0 Å². The Morgan fingerprint density at radius 2 is 2.00 bits per heavy atom. The summed E-state index contributed by atoms with van der Waals surface area (Å²) >= 11 is 5.42. The summed E-state index contributed by atoms with van der Waals surface area (Å²) in [5, 5.41) is 0. The first-order valence-corrected chi connectivity index (χ1v) is 3.26. The topological polar surface area (TPSA) is 18.5 Å². The molecule has 0 N–H and O–H groups in total. The first kappa shape index (κ1) is 6.33. The van der Waals surface area contributed by atoms with Gasteiger partial charge < -0.3 is 9.47 Å². The summed E-state index contributed by atoms with van der Waals surface area (Å²) in [5.41, 5.74) is 0. The zero-order chi connectivity index (χ0) is 5.82. The van der Waals surface area contributed by atoms with Gasteiger partial charge in [0.25, 0.3) is 0 Å². The largest absolute Gasteiger partial charge is 0.350 e. The van der Waals surface area contributed by atoms with Crippen molar-refractivity contribution in [3.63, 3.8) is 0 Å². The molecule has 2 nitrogen and oxygen atoms in total. The average molecular weight is 137 g/mol. The van der Waals surface area contributed by atoms with Crippen LogP contribution in [0.3, 0.4) is 0 Å². The van der Waals surface area contributed by atoms with Crippen LogP contribution in [0.5, 0.6) is 0 Å². The maximum absolute atomic E-state index is 5.42. The third kappa shape index (κ3) is 1.62. The summed E-state index contributed by atoms with van der Waals surface area (Å²) in [6.07, 6.45) is 0.786. The van der Waals surface area contributed by atoms with E-state index in [-0.39, 0.29) is 6.29 Å². The van der Waals surface area contributed by atoms with Crippen LogP contribution in [-0.2, 0) is 9.47 Å². The van der Waals surface area contributed by atoms with Gasteiger partial charge in [-0.05, 0) is 0 Å². The molecule has 0 aromatic rings. The van der Waals surface area contributed by atoms with Gasteiger partial charge in [0.2, 0.25) is 0 Å². The second kappa shape index (κ2) is 3.28. The van der Waals surface area contributed by atoms with E-state index in [2.05, 4.69) is 0 Å². The Balaban J connectivity index is 2.06. The van der Waals surface area contributed by atoms with Gasteiger partial charge in [-0.25, -0.2) is 0 Å². The lowest BCUT2D eigenvalue weighted by Gasteiger charge is -2.03. The molecule has 1 aliphatic heterocycles. The maximum atomic E-state index is 5.42. The van der Waals surface area contributed by atoms with Gasteiger partial charge in [0.1, 0.15) is 0 Å². The van der Waals surface area contributed by atoms with Crippen molar-refractivity contribution in [3.8, 4) is 0 Å². The fourth-order valence-corrected chi connectivity index (χ4v) is 0.841. The Morgan fingerprint density at radius 1 is 1.38 bits per heavy atom. The molecule has 1 aliphatic rings. The zero-order valence-electron chi connectivity index (χ0n) is 4.60. The first-order valence-electron chi connectivity index (χ1n) is 2.72. The standard InChI is InChI=1S/C5H9ClO2/c6-2-1-5-7-3-4-8-5/h5H,1-4H2.